The van der Waals surface area contributed by atoms with Gasteiger partial charge in [-0.1, -0.05) is 19.1 Å². The first-order chi connectivity index (χ1) is 9.20. The molecule has 0 spiro atoms. The van der Waals surface area contributed by atoms with Crippen molar-refractivity contribution in [3.8, 4) is 5.69 Å². The smallest absolute Gasteiger partial charge is 0.239 e. The maximum absolute atomic E-state index is 11.1. The molecule has 1 heterocycles. The van der Waals surface area contributed by atoms with Gasteiger partial charge in [-0.15, -0.1) is 0 Å². The molecule has 1 aromatic heterocycles. The third kappa shape index (κ3) is 3.28. The number of benzene rings is 1. The van der Waals surface area contributed by atoms with Gasteiger partial charge < -0.3 is 4.57 Å². The molecule has 0 saturated carbocycles. The molecular weight excluding hydrogens is 240 g/mol. The van der Waals surface area contributed by atoms with Crippen LogP contribution in [-0.4, -0.2) is 21.2 Å². The molecule has 0 radical (unpaired) electrons. The lowest BCUT2D eigenvalue weighted by atomic mass is 10.1. The number of hydrogen-bond donors (Lipinski definition) is 1. The Bertz CT molecular complexity index is 570. The summed E-state index contributed by atoms with van der Waals surface area (Å²) >= 11 is 0. The summed E-state index contributed by atoms with van der Waals surface area (Å²) in [7, 11) is 0. The molecule has 0 atom stereocenters. The fraction of sp³-hybridized carbons (Fsp3) is 0.214. The fourth-order valence-electron chi connectivity index (χ4n) is 1.58. The first-order valence-electron chi connectivity index (χ1n) is 6.12. The van der Waals surface area contributed by atoms with Crippen LogP contribution in [0.5, 0.6) is 0 Å². The molecule has 0 unspecified atom stereocenters. The monoisotopic (exact) mass is 256 g/mol. The summed E-state index contributed by atoms with van der Waals surface area (Å²) in [4.78, 5) is 15.1. The number of nitrogens with one attached hydrogen (secondary N) is 1. The van der Waals surface area contributed by atoms with Crippen molar-refractivity contribution in [2.45, 2.75) is 20.3 Å². The Kier molecular flexibility index (Phi) is 4.07. The number of carbonyl (C=O) groups excluding carboxylic acids is 1. The van der Waals surface area contributed by atoms with Gasteiger partial charge in [0.1, 0.15) is 0 Å². The van der Waals surface area contributed by atoms with E-state index >= 15 is 0 Å². The van der Waals surface area contributed by atoms with E-state index in [-0.39, 0.29) is 5.91 Å². The Hall–Kier alpha value is -2.43. The summed E-state index contributed by atoms with van der Waals surface area (Å²) in [5, 5.41) is 4.06. The standard InChI is InChI=1S/C14H16N4O/c1-3-14(19)17-16-11(2)12-4-6-13(7-5-12)18-9-8-15-10-18/h4-10H,3H2,1-2H3,(H,17,19)/b16-11-. The molecule has 0 aliphatic rings. The van der Waals surface area contributed by atoms with Gasteiger partial charge in [0.15, 0.2) is 0 Å². The van der Waals surface area contributed by atoms with Crippen LogP contribution in [0, 0.1) is 0 Å². The summed E-state index contributed by atoms with van der Waals surface area (Å²) in [5.74, 6) is -0.0885. The van der Waals surface area contributed by atoms with Crippen molar-refractivity contribution in [1.82, 2.24) is 15.0 Å². The highest BCUT2D eigenvalue weighted by Crippen LogP contribution is 2.09. The number of hydrazone groups is 1. The number of rotatable bonds is 4. The van der Waals surface area contributed by atoms with Crippen LogP contribution < -0.4 is 5.43 Å². The number of amides is 1. The van der Waals surface area contributed by atoms with Gasteiger partial charge in [-0.2, -0.15) is 5.10 Å². The van der Waals surface area contributed by atoms with Crippen molar-refractivity contribution < 1.29 is 4.79 Å². The number of aromatic nitrogens is 2. The second kappa shape index (κ2) is 5.95. The summed E-state index contributed by atoms with van der Waals surface area (Å²) in [6, 6.07) is 7.90. The highest BCUT2D eigenvalue weighted by molar-refractivity contribution is 5.99. The van der Waals surface area contributed by atoms with E-state index < -0.39 is 0 Å². The average molecular weight is 256 g/mol. The molecule has 5 nitrogen and oxygen atoms in total. The lowest BCUT2D eigenvalue weighted by molar-refractivity contribution is -0.120. The fourth-order valence-corrected chi connectivity index (χ4v) is 1.58. The van der Waals surface area contributed by atoms with Crippen LogP contribution >= 0.6 is 0 Å². The molecule has 0 aliphatic carbocycles. The van der Waals surface area contributed by atoms with E-state index in [1.54, 1.807) is 19.4 Å². The van der Waals surface area contributed by atoms with Gasteiger partial charge in [-0.3, -0.25) is 4.79 Å². The minimum Gasteiger partial charge on any atom is -0.306 e. The first kappa shape index (κ1) is 13.0. The predicted molar refractivity (Wildman–Crippen MR) is 74.2 cm³/mol. The summed E-state index contributed by atoms with van der Waals surface area (Å²) < 4.78 is 1.93. The Balaban J connectivity index is 2.12. The SMILES string of the molecule is CCC(=O)N/N=C(/C)c1ccc(-n2ccnc2)cc1. The molecule has 5 heteroatoms. The Morgan fingerprint density at radius 2 is 2.11 bits per heavy atom. The van der Waals surface area contributed by atoms with Crippen molar-refractivity contribution in [3.63, 3.8) is 0 Å². The zero-order valence-electron chi connectivity index (χ0n) is 11.0. The minimum atomic E-state index is -0.0885. The van der Waals surface area contributed by atoms with Crippen LogP contribution in [0.25, 0.3) is 5.69 Å². The lowest BCUT2D eigenvalue weighted by Gasteiger charge is -2.05. The molecule has 1 N–H and O–H groups in total. The molecule has 98 valence electrons. The van der Waals surface area contributed by atoms with E-state index in [4.69, 9.17) is 0 Å². The molecule has 2 aromatic rings. The van der Waals surface area contributed by atoms with Crippen LogP contribution in [0.1, 0.15) is 25.8 Å². The van der Waals surface area contributed by atoms with E-state index in [1.807, 2.05) is 42.0 Å². The van der Waals surface area contributed by atoms with Gasteiger partial charge in [0.05, 0.1) is 12.0 Å². The predicted octanol–water partition coefficient (Wildman–Crippen LogP) is 2.12. The van der Waals surface area contributed by atoms with Crippen molar-refractivity contribution in [1.29, 1.82) is 0 Å². The van der Waals surface area contributed by atoms with Gasteiger partial charge in [-0.05, 0) is 24.6 Å². The molecule has 0 aliphatic heterocycles. The van der Waals surface area contributed by atoms with E-state index in [0.29, 0.717) is 6.42 Å². The highest BCUT2D eigenvalue weighted by atomic mass is 16.2. The maximum Gasteiger partial charge on any atom is 0.239 e. The van der Waals surface area contributed by atoms with Gasteiger partial charge in [-0.25, -0.2) is 10.4 Å². The molecule has 2 rings (SSSR count). The molecule has 0 bridgehead atoms. The quantitative estimate of drug-likeness (QED) is 0.673. The Labute approximate surface area is 112 Å². The minimum absolute atomic E-state index is 0.0885. The number of carbonyl (C=O) groups is 1. The number of nitrogens with zero attached hydrogens (tertiary/aromatic N) is 3. The maximum atomic E-state index is 11.1. The topological polar surface area (TPSA) is 59.3 Å². The summed E-state index contributed by atoms with van der Waals surface area (Å²) in [6.07, 6.45) is 5.80. The van der Waals surface area contributed by atoms with Gasteiger partial charge in [0.25, 0.3) is 0 Å². The van der Waals surface area contributed by atoms with Crippen LogP contribution in [-0.2, 0) is 4.79 Å². The summed E-state index contributed by atoms with van der Waals surface area (Å²) in [6.45, 7) is 3.66. The highest BCUT2D eigenvalue weighted by Gasteiger charge is 2.00. The normalized spacial score (nSPS) is 11.4. The first-order valence-corrected chi connectivity index (χ1v) is 6.12. The van der Waals surface area contributed by atoms with E-state index in [0.717, 1.165) is 17.0 Å². The molecule has 19 heavy (non-hydrogen) atoms. The lowest BCUT2D eigenvalue weighted by Crippen LogP contribution is -2.17. The van der Waals surface area contributed by atoms with Crippen LogP contribution in [0.15, 0.2) is 48.1 Å². The third-order valence-electron chi connectivity index (χ3n) is 2.76. The van der Waals surface area contributed by atoms with Crippen LogP contribution in [0.3, 0.4) is 0 Å². The van der Waals surface area contributed by atoms with Gasteiger partial charge in [0.2, 0.25) is 5.91 Å². The molecule has 1 amide bonds. The van der Waals surface area contributed by atoms with Crippen molar-refractivity contribution in [3.05, 3.63) is 48.5 Å². The van der Waals surface area contributed by atoms with Crippen LogP contribution in [0.4, 0.5) is 0 Å². The molecule has 0 saturated heterocycles. The second-order valence-corrected chi connectivity index (χ2v) is 4.10. The van der Waals surface area contributed by atoms with Crippen LogP contribution in [0.2, 0.25) is 0 Å². The molecular formula is C14H16N4O. The van der Waals surface area contributed by atoms with Crippen molar-refractivity contribution in [2.75, 3.05) is 0 Å². The van der Waals surface area contributed by atoms with Crippen molar-refractivity contribution >= 4 is 11.6 Å². The van der Waals surface area contributed by atoms with Gasteiger partial charge >= 0.3 is 0 Å². The van der Waals surface area contributed by atoms with Gasteiger partial charge in [0, 0.05) is 24.5 Å². The van der Waals surface area contributed by atoms with E-state index in [9.17, 15) is 4.79 Å². The third-order valence-corrected chi connectivity index (χ3v) is 2.76. The Morgan fingerprint density at radius 1 is 1.37 bits per heavy atom. The second-order valence-electron chi connectivity index (χ2n) is 4.10. The number of hydrogen-bond acceptors (Lipinski definition) is 3. The van der Waals surface area contributed by atoms with E-state index in [2.05, 4.69) is 15.5 Å². The van der Waals surface area contributed by atoms with E-state index in [1.165, 1.54) is 0 Å². The zero-order valence-corrected chi connectivity index (χ0v) is 11.0. The Morgan fingerprint density at radius 3 is 2.68 bits per heavy atom. The number of imidazole rings is 1. The molecule has 1 aromatic carbocycles. The van der Waals surface area contributed by atoms with Crippen molar-refractivity contribution in [2.24, 2.45) is 5.10 Å². The largest absolute Gasteiger partial charge is 0.306 e. The summed E-state index contributed by atoms with van der Waals surface area (Å²) in [5.41, 5.74) is 5.29. The molecule has 0 fully saturated rings. The average Bonchev–Trinajstić information content (AvgIpc) is 2.98. The zero-order chi connectivity index (χ0) is 13.7.